The van der Waals surface area contributed by atoms with Gasteiger partial charge in [0, 0.05) is 50.3 Å². The number of pyridine rings is 1. The lowest BCUT2D eigenvalue weighted by atomic mass is 10.2. The van der Waals surface area contributed by atoms with E-state index in [0.29, 0.717) is 35.0 Å². The number of nitrogens with zero attached hydrogens (tertiary/aromatic N) is 5. The van der Waals surface area contributed by atoms with Crippen LogP contribution in [-0.2, 0) is 17.4 Å². The molecule has 3 N–H and O–H groups in total. The van der Waals surface area contributed by atoms with Crippen molar-refractivity contribution >= 4 is 33.9 Å². The summed E-state index contributed by atoms with van der Waals surface area (Å²) in [5.74, 6) is 0.255. The molecule has 1 aliphatic carbocycles. The van der Waals surface area contributed by atoms with Gasteiger partial charge in [-0.2, -0.15) is 0 Å². The Bertz CT molecular complexity index is 1190. The van der Waals surface area contributed by atoms with E-state index in [9.17, 15) is 9.00 Å². The molecule has 1 unspecified atom stereocenters. The zero-order valence-corrected chi connectivity index (χ0v) is 25.6. The maximum Gasteiger partial charge on any atom is 0.280 e. The number of carbonyl (C=O) groups excluding carboxylic acids is 1. The Morgan fingerprint density at radius 2 is 1.98 bits per heavy atom. The van der Waals surface area contributed by atoms with E-state index in [1.807, 2.05) is 32.9 Å². The summed E-state index contributed by atoms with van der Waals surface area (Å²) in [4.78, 5) is 31.1. The molecular weight excluding hydrogens is 550 g/mol. The van der Waals surface area contributed by atoms with Crippen molar-refractivity contribution in [2.24, 2.45) is 0 Å². The van der Waals surface area contributed by atoms with Gasteiger partial charge in [0.05, 0.1) is 35.7 Å². The molecule has 4 rings (SSSR count). The van der Waals surface area contributed by atoms with Gasteiger partial charge in [0.2, 0.25) is 5.88 Å². The molecule has 0 spiro atoms. The minimum absolute atomic E-state index is 0.184. The molecule has 0 radical (unpaired) electrons. The highest BCUT2D eigenvalue weighted by Crippen LogP contribution is 2.27. The largest absolute Gasteiger partial charge is 0.477 e. The zero-order chi connectivity index (χ0) is 29.3. The molecule has 0 bridgehead atoms. The van der Waals surface area contributed by atoms with Crippen LogP contribution in [-0.4, -0.2) is 85.2 Å². The van der Waals surface area contributed by atoms with Gasteiger partial charge in [-0.25, -0.2) is 14.2 Å². The lowest BCUT2D eigenvalue weighted by molar-refractivity contribution is 0.0962. The molecule has 11 nitrogen and oxygen atoms in total. The van der Waals surface area contributed by atoms with Crippen molar-refractivity contribution in [3.05, 3.63) is 47.6 Å². The Labute approximate surface area is 243 Å². The van der Waals surface area contributed by atoms with Crippen molar-refractivity contribution in [1.29, 1.82) is 0 Å². The molecule has 1 fully saturated rings. The molecule has 13 heteroatoms. The first-order valence-electron chi connectivity index (χ1n) is 13.6. The number of anilines is 1. The summed E-state index contributed by atoms with van der Waals surface area (Å²) >= 11 is 1.26. The summed E-state index contributed by atoms with van der Waals surface area (Å²) in [5.41, 5.74) is 2.51. The summed E-state index contributed by atoms with van der Waals surface area (Å²) in [6.07, 6.45) is 9.48. The first-order valence-corrected chi connectivity index (χ1v) is 15.6. The highest BCUT2D eigenvalue weighted by Gasteiger charge is 2.28. The van der Waals surface area contributed by atoms with E-state index in [0.717, 1.165) is 48.6 Å². The second-order valence-corrected chi connectivity index (χ2v) is 10.8. The minimum atomic E-state index is -0.958. The van der Waals surface area contributed by atoms with E-state index in [2.05, 4.69) is 41.8 Å². The number of carbonyl (C=O) groups is 1. The van der Waals surface area contributed by atoms with Crippen molar-refractivity contribution in [2.75, 3.05) is 44.6 Å². The molecule has 1 aliphatic rings. The van der Waals surface area contributed by atoms with Crippen LogP contribution in [0.3, 0.4) is 0 Å². The standard InChI is InChI=1S/C14H23N3O2S.C11H12N4O2S.C2H6/c1-2-17(9-10-18)8-6-12-11-13(5-7-15-12)16-20(19)14-3-4-14;1-3-17-9-6-13-4-7(15-9)8-5-14-11(18-8)10(16)12-2;1-2/h5,7,11,14,18H,2-4,6,8-10H2,1H3,(H,15,16);4-6H,3H2,1-2H3,(H,12,16);1-2H3. The molecule has 3 aromatic heterocycles. The van der Waals surface area contributed by atoms with Crippen molar-refractivity contribution < 1.29 is 18.8 Å². The quantitative estimate of drug-likeness (QED) is 0.272. The normalized spacial score (nSPS) is 12.9. The molecule has 40 heavy (non-hydrogen) atoms. The Kier molecular flexibility index (Phi) is 15.2. The third kappa shape index (κ3) is 11.2. The second-order valence-electron chi connectivity index (χ2n) is 8.33. The number of hydrogen-bond acceptors (Lipinski definition) is 10. The van der Waals surface area contributed by atoms with E-state index in [-0.39, 0.29) is 12.5 Å². The first kappa shape index (κ1) is 33.2. The van der Waals surface area contributed by atoms with Gasteiger partial charge in [-0.05, 0) is 38.4 Å². The topological polar surface area (TPSA) is 142 Å². The van der Waals surface area contributed by atoms with Crippen LogP contribution in [0.5, 0.6) is 5.88 Å². The summed E-state index contributed by atoms with van der Waals surface area (Å²) in [7, 11) is 0.610. The van der Waals surface area contributed by atoms with Gasteiger partial charge >= 0.3 is 0 Å². The highest BCUT2D eigenvalue weighted by molar-refractivity contribution is 7.87. The minimum Gasteiger partial charge on any atom is -0.477 e. The number of hydrogen-bond donors (Lipinski definition) is 3. The number of aliphatic hydroxyl groups excluding tert-OH is 1. The number of likely N-dealkylation sites (N-methyl/N-ethyl adjacent to an activating group) is 1. The Hall–Kier alpha value is -3.00. The van der Waals surface area contributed by atoms with Gasteiger partial charge in [-0.15, -0.1) is 11.3 Å². The fourth-order valence-corrected chi connectivity index (χ4v) is 5.20. The van der Waals surface area contributed by atoms with Crippen molar-refractivity contribution in [1.82, 2.24) is 30.2 Å². The highest BCUT2D eigenvalue weighted by atomic mass is 32.2. The fourth-order valence-electron chi connectivity index (χ4n) is 3.29. The number of amides is 1. The maximum absolute atomic E-state index is 11.8. The van der Waals surface area contributed by atoms with Crippen LogP contribution in [0.4, 0.5) is 5.69 Å². The molecular formula is C27H41N7O4S2. The molecule has 0 saturated heterocycles. The number of aromatic nitrogens is 4. The Morgan fingerprint density at radius 1 is 1.20 bits per heavy atom. The number of rotatable bonds is 13. The van der Waals surface area contributed by atoms with E-state index in [1.165, 1.54) is 11.3 Å². The summed E-state index contributed by atoms with van der Waals surface area (Å²) < 4.78 is 20.2. The number of ether oxygens (including phenoxy) is 1. The van der Waals surface area contributed by atoms with Crippen LogP contribution in [0.15, 0.2) is 36.9 Å². The van der Waals surface area contributed by atoms with Crippen molar-refractivity contribution in [3.8, 4) is 16.5 Å². The molecule has 0 aromatic carbocycles. The fraction of sp³-hybridized carbons (Fsp3) is 0.519. The molecule has 1 atom stereocenters. The molecule has 1 amide bonds. The maximum atomic E-state index is 11.8. The lowest BCUT2D eigenvalue weighted by Crippen LogP contribution is -2.29. The molecule has 3 heterocycles. The summed E-state index contributed by atoms with van der Waals surface area (Å²) in [6, 6.07) is 3.82. The van der Waals surface area contributed by atoms with Gasteiger partial charge in [0.1, 0.15) is 16.7 Å². The summed E-state index contributed by atoms with van der Waals surface area (Å²) in [5, 5.41) is 12.2. The third-order valence-corrected chi connectivity index (χ3v) is 8.03. The molecule has 1 saturated carbocycles. The van der Waals surface area contributed by atoms with Crippen LogP contribution < -0.4 is 14.8 Å². The third-order valence-electron chi connectivity index (χ3n) is 5.49. The molecule has 3 aromatic rings. The predicted molar refractivity (Wildman–Crippen MR) is 161 cm³/mol. The predicted octanol–water partition coefficient (Wildman–Crippen LogP) is 3.56. The smallest absolute Gasteiger partial charge is 0.280 e. The van der Waals surface area contributed by atoms with Crippen LogP contribution in [0.1, 0.15) is 56.0 Å². The van der Waals surface area contributed by atoms with Gasteiger partial charge in [0.25, 0.3) is 5.91 Å². The van der Waals surface area contributed by atoms with Gasteiger partial charge in [-0.1, -0.05) is 20.8 Å². The van der Waals surface area contributed by atoms with E-state index in [4.69, 9.17) is 9.84 Å². The van der Waals surface area contributed by atoms with Crippen LogP contribution in [0, 0.1) is 0 Å². The van der Waals surface area contributed by atoms with Crippen LogP contribution in [0.25, 0.3) is 10.6 Å². The van der Waals surface area contributed by atoms with Gasteiger partial charge < -0.3 is 24.8 Å². The van der Waals surface area contributed by atoms with E-state index < -0.39 is 11.0 Å². The average molecular weight is 592 g/mol. The van der Waals surface area contributed by atoms with Gasteiger partial charge in [-0.3, -0.25) is 14.8 Å². The number of nitrogens with one attached hydrogen (secondary N) is 2. The number of aliphatic hydroxyl groups is 1. The molecule has 0 aliphatic heterocycles. The van der Waals surface area contributed by atoms with Crippen LogP contribution in [0.2, 0.25) is 0 Å². The second kappa shape index (κ2) is 18.4. The van der Waals surface area contributed by atoms with Crippen molar-refractivity contribution in [3.63, 3.8) is 0 Å². The zero-order valence-electron chi connectivity index (χ0n) is 23.9. The lowest BCUT2D eigenvalue weighted by Gasteiger charge is -2.18. The first-order chi connectivity index (χ1) is 19.5. The van der Waals surface area contributed by atoms with Crippen LogP contribution >= 0.6 is 11.3 Å². The Morgan fingerprint density at radius 3 is 2.62 bits per heavy atom. The SMILES string of the molecule is CC.CCN(CCO)CCc1cc(NS(=O)C2CC2)ccn1.CCOc1cncc(-c2cnc(C(=O)NC)s2)n1. The molecule has 220 valence electrons. The van der Waals surface area contributed by atoms with Gasteiger partial charge in [0.15, 0.2) is 5.01 Å². The van der Waals surface area contributed by atoms with E-state index >= 15 is 0 Å². The van der Waals surface area contributed by atoms with E-state index in [1.54, 1.807) is 31.8 Å². The van der Waals surface area contributed by atoms with Crippen molar-refractivity contribution in [2.45, 2.75) is 52.2 Å². The number of thiazole rings is 1. The Balaban J connectivity index is 0.000000265. The summed E-state index contributed by atoms with van der Waals surface area (Å²) in [6.45, 7) is 11.2. The monoisotopic (exact) mass is 591 g/mol. The average Bonchev–Trinajstić information content (AvgIpc) is 3.73.